The number of pyridine rings is 1. The number of ketones is 1. The Morgan fingerprint density at radius 2 is 1.94 bits per heavy atom. The molecule has 0 aliphatic carbocycles. The Hall–Kier alpha value is -4.00. The molecule has 4 aromatic rings. The molecule has 0 saturated carbocycles. The fraction of sp³-hybridized carbons (Fsp3) is 0.200. The van der Waals surface area contributed by atoms with Crippen molar-refractivity contribution in [2.75, 3.05) is 0 Å². The number of fused-ring (bicyclic) bond motifs is 1. The molecule has 0 radical (unpaired) electrons. The second kappa shape index (κ2) is 7.92. The van der Waals surface area contributed by atoms with Gasteiger partial charge in [-0.25, -0.2) is 9.78 Å². The third-order valence-electron chi connectivity index (χ3n) is 5.32. The van der Waals surface area contributed by atoms with Crippen LogP contribution in [0.1, 0.15) is 48.1 Å². The van der Waals surface area contributed by atoms with Crippen molar-refractivity contribution in [3.8, 4) is 11.1 Å². The molecular weight excluding hydrogens is 404 g/mol. The van der Waals surface area contributed by atoms with E-state index in [0.29, 0.717) is 16.9 Å². The molecule has 0 unspecified atom stereocenters. The number of carboxylic acids is 1. The monoisotopic (exact) mass is 428 g/mol. The lowest BCUT2D eigenvalue weighted by Crippen LogP contribution is -2.12. The van der Waals surface area contributed by atoms with Crippen LogP contribution in [0.15, 0.2) is 54.9 Å². The molecule has 0 atom stereocenters. The molecule has 3 heterocycles. The number of aromatic nitrogens is 4. The molecule has 162 valence electrons. The second-order valence-corrected chi connectivity index (χ2v) is 8.70. The summed E-state index contributed by atoms with van der Waals surface area (Å²) in [6, 6.07) is 11.2. The maximum absolute atomic E-state index is 13.5. The van der Waals surface area contributed by atoms with Crippen LogP contribution in [0.5, 0.6) is 0 Å². The van der Waals surface area contributed by atoms with Crippen LogP contribution in [0, 0.1) is 0 Å². The van der Waals surface area contributed by atoms with Crippen molar-refractivity contribution in [2.24, 2.45) is 7.05 Å². The summed E-state index contributed by atoms with van der Waals surface area (Å²) in [5, 5.41) is 14.2. The van der Waals surface area contributed by atoms with Gasteiger partial charge < -0.3 is 10.1 Å². The predicted octanol–water partition coefficient (Wildman–Crippen LogP) is 4.59. The summed E-state index contributed by atoms with van der Waals surface area (Å²) in [7, 11) is 1.77. The average molecular weight is 428 g/mol. The highest BCUT2D eigenvalue weighted by atomic mass is 16.4. The number of nitrogens with one attached hydrogen (secondary N) is 1. The van der Waals surface area contributed by atoms with E-state index < -0.39 is 5.97 Å². The van der Waals surface area contributed by atoms with E-state index in [1.807, 2.05) is 36.4 Å². The quantitative estimate of drug-likeness (QED) is 0.358. The largest absolute Gasteiger partial charge is 0.478 e. The minimum Gasteiger partial charge on any atom is -0.478 e. The van der Waals surface area contributed by atoms with E-state index in [2.05, 4.69) is 35.8 Å². The SMILES string of the molecule is Cn1nc(C(C)(C)C)cc1C(=O)c1c[nH]c2nccc(-c3cccc(/C=C/C(=O)O)c3)c12. The minimum atomic E-state index is -1.01. The van der Waals surface area contributed by atoms with Crippen LogP contribution < -0.4 is 0 Å². The zero-order valence-corrected chi connectivity index (χ0v) is 18.4. The fourth-order valence-electron chi connectivity index (χ4n) is 3.64. The van der Waals surface area contributed by atoms with Crippen LogP contribution in [0.4, 0.5) is 0 Å². The van der Waals surface area contributed by atoms with Gasteiger partial charge in [0.1, 0.15) is 11.3 Å². The first-order chi connectivity index (χ1) is 15.1. The van der Waals surface area contributed by atoms with E-state index in [0.717, 1.165) is 33.8 Å². The summed E-state index contributed by atoms with van der Waals surface area (Å²) >= 11 is 0. The minimum absolute atomic E-state index is 0.141. The summed E-state index contributed by atoms with van der Waals surface area (Å²) in [4.78, 5) is 31.9. The fourth-order valence-corrected chi connectivity index (χ4v) is 3.64. The number of nitrogens with zero attached hydrogens (tertiary/aromatic N) is 3. The number of carbonyl (C=O) groups is 2. The van der Waals surface area contributed by atoms with Gasteiger partial charge in [0.15, 0.2) is 0 Å². The van der Waals surface area contributed by atoms with Gasteiger partial charge in [-0.3, -0.25) is 9.48 Å². The highest BCUT2D eigenvalue weighted by Crippen LogP contribution is 2.32. The first-order valence-electron chi connectivity index (χ1n) is 10.2. The van der Waals surface area contributed by atoms with Gasteiger partial charge in [-0.2, -0.15) is 5.10 Å². The third-order valence-corrected chi connectivity index (χ3v) is 5.32. The number of aromatic amines is 1. The Morgan fingerprint density at radius 1 is 1.16 bits per heavy atom. The Balaban J connectivity index is 1.84. The third kappa shape index (κ3) is 3.97. The first kappa shape index (κ1) is 21.2. The molecule has 2 N–H and O–H groups in total. The summed E-state index contributed by atoms with van der Waals surface area (Å²) in [6.07, 6.45) is 6.00. The van der Waals surface area contributed by atoms with Gasteiger partial charge in [0, 0.05) is 36.3 Å². The van der Waals surface area contributed by atoms with E-state index in [1.165, 1.54) is 6.08 Å². The van der Waals surface area contributed by atoms with E-state index in [9.17, 15) is 9.59 Å². The highest BCUT2D eigenvalue weighted by molar-refractivity contribution is 6.18. The molecule has 0 amide bonds. The zero-order valence-electron chi connectivity index (χ0n) is 18.4. The molecule has 0 fully saturated rings. The van der Waals surface area contributed by atoms with Crippen LogP contribution in [-0.2, 0) is 17.3 Å². The van der Waals surface area contributed by atoms with Crippen LogP contribution in [0.2, 0.25) is 0 Å². The number of hydrogen-bond donors (Lipinski definition) is 2. The maximum atomic E-state index is 13.5. The average Bonchev–Trinajstić information content (AvgIpc) is 3.35. The van der Waals surface area contributed by atoms with E-state index in [1.54, 1.807) is 24.1 Å². The van der Waals surface area contributed by atoms with Gasteiger partial charge in [-0.15, -0.1) is 0 Å². The van der Waals surface area contributed by atoms with E-state index in [4.69, 9.17) is 5.11 Å². The lowest BCUT2D eigenvalue weighted by molar-refractivity contribution is -0.131. The topological polar surface area (TPSA) is 101 Å². The van der Waals surface area contributed by atoms with Crippen LogP contribution in [-0.4, -0.2) is 36.6 Å². The van der Waals surface area contributed by atoms with Crippen LogP contribution >= 0.6 is 0 Å². The van der Waals surface area contributed by atoms with Crippen molar-refractivity contribution >= 4 is 28.9 Å². The lowest BCUT2D eigenvalue weighted by Gasteiger charge is -2.13. The van der Waals surface area contributed by atoms with Crippen molar-refractivity contribution in [3.05, 3.63) is 77.4 Å². The molecule has 0 bridgehead atoms. The number of rotatable bonds is 5. The Kier molecular flexibility index (Phi) is 5.26. The van der Waals surface area contributed by atoms with E-state index >= 15 is 0 Å². The summed E-state index contributed by atoms with van der Waals surface area (Å²) < 4.78 is 1.62. The summed E-state index contributed by atoms with van der Waals surface area (Å²) in [5.41, 5.74) is 4.74. The van der Waals surface area contributed by atoms with Gasteiger partial charge >= 0.3 is 5.97 Å². The molecular formula is C25H24N4O3. The summed E-state index contributed by atoms with van der Waals surface area (Å²) in [6.45, 7) is 6.18. The number of H-pyrrole nitrogens is 1. The number of hydrogen-bond acceptors (Lipinski definition) is 4. The predicted molar refractivity (Wildman–Crippen MR) is 124 cm³/mol. The molecule has 32 heavy (non-hydrogen) atoms. The first-order valence-corrected chi connectivity index (χ1v) is 10.2. The summed E-state index contributed by atoms with van der Waals surface area (Å²) in [5.74, 6) is -1.15. The molecule has 0 saturated heterocycles. The molecule has 1 aromatic carbocycles. The lowest BCUT2D eigenvalue weighted by atomic mass is 9.91. The molecule has 7 nitrogen and oxygen atoms in total. The molecule has 0 spiro atoms. The number of carbonyl (C=O) groups excluding carboxylic acids is 1. The molecule has 0 aliphatic rings. The molecule has 3 aromatic heterocycles. The van der Waals surface area contributed by atoms with Crippen molar-refractivity contribution in [1.82, 2.24) is 19.7 Å². The second-order valence-electron chi connectivity index (χ2n) is 8.70. The smallest absolute Gasteiger partial charge is 0.328 e. The standard InChI is InChI=1S/C25H24N4O3/c1-25(2,3)20-13-19(29(4)28-20)23(32)18-14-27-24-22(18)17(10-11-26-24)16-7-5-6-15(12-16)8-9-21(30)31/h5-14H,1-4H3,(H,26,27)(H,30,31)/b9-8+. The molecule has 7 heteroatoms. The van der Waals surface area contributed by atoms with Crippen molar-refractivity contribution < 1.29 is 14.7 Å². The Morgan fingerprint density at radius 3 is 2.62 bits per heavy atom. The van der Waals surface area contributed by atoms with Gasteiger partial charge in [-0.1, -0.05) is 39.0 Å². The van der Waals surface area contributed by atoms with Gasteiger partial charge in [0.05, 0.1) is 11.3 Å². The normalized spacial score (nSPS) is 12.0. The van der Waals surface area contributed by atoms with Gasteiger partial charge in [0.2, 0.25) is 5.78 Å². The number of aliphatic carboxylic acids is 1. The highest BCUT2D eigenvalue weighted by Gasteiger charge is 2.25. The van der Waals surface area contributed by atoms with Crippen molar-refractivity contribution in [3.63, 3.8) is 0 Å². The van der Waals surface area contributed by atoms with Crippen LogP contribution in [0.3, 0.4) is 0 Å². The van der Waals surface area contributed by atoms with Crippen molar-refractivity contribution in [1.29, 1.82) is 0 Å². The maximum Gasteiger partial charge on any atom is 0.328 e. The number of aryl methyl sites for hydroxylation is 1. The Bertz CT molecular complexity index is 1370. The van der Waals surface area contributed by atoms with E-state index in [-0.39, 0.29) is 11.2 Å². The molecule has 0 aliphatic heterocycles. The number of benzene rings is 1. The number of carboxylic acid groups (broad SMARTS) is 1. The van der Waals surface area contributed by atoms with Crippen LogP contribution in [0.25, 0.3) is 28.2 Å². The van der Waals surface area contributed by atoms with Gasteiger partial charge in [-0.05, 0) is 41.0 Å². The zero-order chi connectivity index (χ0) is 23.0. The van der Waals surface area contributed by atoms with Crippen molar-refractivity contribution in [2.45, 2.75) is 26.2 Å². The Labute approximate surface area is 185 Å². The van der Waals surface area contributed by atoms with Gasteiger partial charge in [0.25, 0.3) is 0 Å². The molecule has 4 rings (SSSR count).